The minimum Gasteiger partial charge on any atom is -0.483 e. The zero-order valence-corrected chi connectivity index (χ0v) is 14.6. The number of para-hydroxylation sites is 1. The van der Waals surface area contributed by atoms with Gasteiger partial charge in [-0.3, -0.25) is 4.79 Å². The van der Waals surface area contributed by atoms with Gasteiger partial charge in [-0.15, -0.1) is 0 Å². The molecule has 1 heterocycles. The summed E-state index contributed by atoms with van der Waals surface area (Å²) in [6.07, 6.45) is 5.60. The second-order valence-electron chi connectivity index (χ2n) is 6.18. The second-order valence-corrected chi connectivity index (χ2v) is 6.18. The van der Waals surface area contributed by atoms with Crippen LogP contribution in [-0.4, -0.2) is 47.6 Å². The molecule has 0 fully saturated rings. The van der Waals surface area contributed by atoms with Crippen LogP contribution in [0.3, 0.4) is 0 Å². The molecular weight excluding hydrogens is 304 g/mol. The molecule has 24 heavy (non-hydrogen) atoms. The smallest absolute Gasteiger partial charge is 0.259 e. The molecule has 6 nitrogen and oxygen atoms in total. The van der Waals surface area contributed by atoms with Crippen LogP contribution in [0.25, 0.3) is 0 Å². The first-order chi connectivity index (χ1) is 11.6. The number of hydrogen-bond acceptors (Lipinski definition) is 4. The largest absolute Gasteiger partial charge is 0.483 e. The van der Waals surface area contributed by atoms with Gasteiger partial charge in [-0.1, -0.05) is 25.1 Å². The zero-order chi connectivity index (χ0) is 17.4. The molecule has 2 aromatic rings. The summed E-state index contributed by atoms with van der Waals surface area (Å²) >= 11 is 0. The molecule has 0 spiro atoms. The first kappa shape index (κ1) is 18.0. The van der Waals surface area contributed by atoms with Crippen molar-refractivity contribution in [3.8, 4) is 5.75 Å². The number of nitrogens with zero attached hydrogens (tertiary/aromatic N) is 3. The topological polar surface area (TPSA) is 59.4 Å². The normalized spacial score (nSPS) is 12.0. The van der Waals surface area contributed by atoms with Crippen molar-refractivity contribution >= 4 is 5.91 Å². The van der Waals surface area contributed by atoms with E-state index in [0.29, 0.717) is 12.5 Å². The number of rotatable bonds is 9. The Morgan fingerprint density at radius 2 is 2.17 bits per heavy atom. The van der Waals surface area contributed by atoms with Crippen molar-refractivity contribution in [3.05, 3.63) is 48.5 Å². The molecule has 0 aliphatic rings. The lowest BCUT2D eigenvalue weighted by atomic mass is 10.1. The average Bonchev–Trinajstić information content (AvgIpc) is 3.06. The minimum atomic E-state index is -0.0493. The van der Waals surface area contributed by atoms with Crippen LogP contribution in [0.2, 0.25) is 0 Å². The van der Waals surface area contributed by atoms with E-state index >= 15 is 0 Å². The van der Waals surface area contributed by atoms with Crippen molar-refractivity contribution in [1.82, 2.24) is 19.8 Å². The van der Waals surface area contributed by atoms with E-state index in [1.165, 1.54) is 4.90 Å². The third kappa shape index (κ3) is 5.70. The first-order valence-corrected chi connectivity index (χ1v) is 8.13. The van der Waals surface area contributed by atoms with E-state index in [9.17, 15) is 4.79 Å². The predicted octanol–water partition coefficient (Wildman–Crippen LogP) is 1.78. The fraction of sp³-hybridized carbons (Fsp3) is 0.444. The molecule has 130 valence electrons. The molecule has 0 aliphatic heterocycles. The van der Waals surface area contributed by atoms with E-state index in [0.717, 1.165) is 24.4 Å². The van der Waals surface area contributed by atoms with Gasteiger partial charge >= 0.3 is 0 Å². The van der Waals surface area contributed by atoms with Crippen LogP contribution in [0.15, 0.2) is 43.0 Å². The lowest BCUT2D eigenvalue weighted by Crippen LogP contribution is -2.28. The van der Waals surface area contributed by atoms with E-state index in [1.807, 2.05) is 36.8 Å². The number of likely N-dealkylation sites (N-methyl/N-ethyl adjacent to an activating group) is 1. The van der Waals surface area contributed by atoms with Gasteiger partial charge in [0.1, 0.15) is 5.75 Å². The van der Waals surface area contributed by atoms with Crippen molar-refractivity contribution in [2.45, 2.75) is 20.0 Å². The van der Waals surface area contributed by atoms with Crippen LogP contribution >= 0.6 is 0 Å². The molecule has 0 aliphatic carbocycles. The Hall–Kier alpha value is -2.34. The molecule has 0 radical (unpaired) electrons. The lowest BCUT2D eigenvalue weighted by molar-refractivity contribution is -0.130. The molecule has 1 atom stereocenters. The standard InChI is InChI=1S/C18H26N4O2/c1-15(12-22-9-8-19-14-22)10-20-11-16-6-4-5-7-17(16)24-13-18(23)21(2)3/h4-9,14-15,20H,10-13H2,1-3H3. The zero-order valence-electron chi connectivity index (χ0n) is 14.6. The highest BCUT2D eigenvalue weighted by Crippen LogP contribution is 2.17. The molecule has 1 amide bonds. The van der Waals surface area contributed by atoms with Crippen molar-refractivity contribution in [2.24, 2.45) is 5.92 Å². The number of imidazole rings is 1. The van der Waals surface area contributed by atoms with Crippen LogP contribution in [0, 0.1) is 5.92 Å². The summed E-state index contributed by atoms with van der Waals surface area (Å²) in [7, 11) is 3.45. The van der Waals surface area contributed by atoms with Crippen LogP contribution in [0.1, 0.15) is 12.5 Å². The number of benzene rings is 1. The molecule has 0 bridgehead atoms. The Kier molecular flexibility index (Phi) is 6.81. The fourth-order valence-electron chi connectivity index (χ4n) is 2.33. The number of hydrogen-bond donors (Lipinski definition) is 1. The molecule has 6 heteroatoms. The molecule has 1 aromatic carbocycles. The third-order valence-electron chi connectivity index (χ3n) is 3.71. The van der Waals surface area contributed by atoms with Gasteiger partial charge in [0.15, 0.2) is 6.61 Å². The van der Waals surface area contributed by atoms with Gasteiger partial charge in [-0.2, -0.15) is 0 Å². The van der Waals surface area contributed by atoms with Crippen LogP contribution in [0.4, 0.5) is 0 Å². The molecule has 2 rings (SSSR count). The fourth-order valence-corrected chi connectivity index (χ4v) is 2.33. The van der Waals surface area contributed by atoms with E-state index in [-0.39, 0.29) is 12.5 Å². The number of carbonyl (C=O) groups excluding carboxylic acids is 1. The summed E-state index contributed by atoms with van der Waals surface area (Å²) < 4.78 is 7.74. The van der Waals surface area contributed by atoms with E-state index in [4.69, 9.17) is 4.74 Å². The Morgan fingerprint density at radius 1 is 1.38 bits per heavy atom. The van der Waals surface area contributed by atoms with Gasteiger partial charge in [-0.05, 0) is 18.5 Å². The van der Waals surface area contributed by atoms with Crippen molar-refractivity contribution < 1.29 is 9.53 Å². The summed E-state index contributed by atoms with van der Waals surface area (Å²) in [5.74, 6) is 1.19. The summed E-state index contributed by atoms with van der Waals surface area (Å²) in [5, 5.41) is 3.46. The summed E-state index contributed by atoms with van der Waals surface area (Å²) in [4.78, 5) is 17.2. The summed E-state index contributed by atoms with van der Waals surface area (Å²) in [5.41, 5.74) is 1.05. The van der Waals surface area contributed by atoms with Crippen molar-refractivity contribution in [3.63, 3.8) is 0 Å². The number of aromatic nitrogens is 2. The van der Waals surface area contributed by atoms with E-state index < -0.39 is 0 Å². The highest BCUT2D eigenvalue weighted by Gasteiger charge is 2.09. The maximum absolute atomic E-state index is 11.7. The monoisotopic (exact) mass is 330 g/mol. The van der Waals surface area contributed by atoms with Gasteiger partial charge in [0.25, 0.3) is 5.91 Å². The summed E-state index contributed by atoms with van der Waals surface area (Å²) in [6.45, 7) is 4.79. The third-order valence-corrected chi connectivity index (χ3v) is 3.71. The number of amides is 1. The Labute approximate surface area is 143 Å². The van der Waals surface area contributed by atoms with Crippen molar-refractivity contribution in [1.29, 1.82) is 0 Å². The molecule has 1 aromatic heterocycles. The second kappa shape index (κ2) is 9.08. The lowest BCUT2D eigenvalue weighted by Gasteiger charge is -2.16. The Bertz CT molecular complexity index is 626. The maximum Gasteiger partial charge on any atom is 0.259 e. The molecule has 1 unspecified atom stereocenters. The average molecular weight is 330 g/mol. The van der Waals surface area contributed by atoms with Crippen LogP contribution in [0.5, 0.6) is 5.75 Å². The number of carbonyl (C=O) groups is 1. The van der Waals surface area contributed by atoms with Gasteiger partial charge < -0.3 is 19.5 Å². The maximum atomic E-state index is 11.7. The van der Waals surface area contributed by atoms with Crippen molar-refractivity contribution in [2.75, 3.05) is 27.2 Å². The highest BCUT2D eigenvalue weighted by atomic mass is 16.5. The van der Waals surface area contributed by atoms with E-state index in [1.54, 1.807) is 20.3 Å². The van der Waals surface area contributed by atoms with Gasteiger partial charge in [0.05, 0.1) is 6.33 Å². The quantitative estimate of drug-likeness (QED) is 0.761. The van der Waals surface area contributed by atoms with Gasteiger partial charge in [0, 0.05) is 45.1 Å². The summed E-state index contributed by atoms with van der Waals surface area (Å²) in [6, 6.07) is 7.81. The van der Waals surface area contributed by atoms with Gasteiger partial charge in [0.2, 0.25) is 0 Å². The predicted molar refractivity (Wildman–Crippen MR) is 93.7 cm³/mol. The molecule has 1 N–H and O–H groups in total. The van der Waals surface area contributed by atoms with E-state index in [2.05, 4.69) is 21.8 Å². The molecule has 0 saturated carbocycles. The Balaban J connectivity index is 1.80. The van der Waals surface area contributed by atoms with Gasteiger partial charge in [-0.25, -0.2) is 4.98 Å². The molecular formula is C18H26N4O2. The SMILES string of the molecule is CC(CNCc1ccccc1OCC(=O)N(C)C)Cn1ccnc1. The Morgan fingerprint density at radius 3 is 2.88 bits per heavy atom. The first-order valence-electron chi connectivity index (χ1n) is 8.13. The highest BCUT2D eigenvalue weighted by molar-refractivity contribution is 5.77. The minimum absolute atomic E-state index is 0.0493. The molecule has 0 saturated heterocycles. The number of ether oxygens (including phenoxy) is 1. The van der Waals surface area contributed by atoms with Crippen LogP contribution in [-0.2, 0) is 17.9 Å². The van der Waals surface area contributed by atoms with Crippen LogP contribution < -0.4 is 10.1 Å². The number of nitrogens with one attached hydrogen (secondary N) is 1.